The summed E-state index contributed by atoms with van der Waals surface area (Å²) < 4.78 is 32.3. The van der Waals surface area contributed by atoms with Crippen LogP contribution in [0.4, 0.5) is 0 Å². The lowest BCUT2D eigenvalue weighted by Crippen LogP contribution is -2.29. The number of hydrogen-bond acceptors (Lipinski definition) is 6. The first-order chi connectivity index (χ1) is 7.54. The molecule has 1 aromatic heterocycles. The molecule has 0 aliphatic carbocycles. The topological polar surface area (TPSA) is 65.5 Å². The molecule has 90 valence electrons. The van der Waals surface area contributed by atoms with Crippen molar-refractivity contribution in [1.82, 2.24) is 4.98 Å². The van der Waals surface area contributed by atoms with E-state index in [1.165, 1.54) is 0 Å². The molecule has 2 rings (SSSR count). The standard InChI is InChI=1S/C9H13NO4S2/c1-16(11,12)14-7-2-3-8(13-6-7)9-10-4-5-15-9/h4-5,7-8H,2-3,6H2,1H3. The van der Waals surface area contributed by atoms with E-state index in [4.69, 9.17) is 8.92 Å². The van der Waals surface area contributed by atoms with Crippen molar-refractivity contribution in [2.75, 3.05) is 12.9 Å². The van der Waals surface area contributed by atoms with E-state index in [1.807, 2.05) is 5.38 Å². The van der Waals surface area contributed by atoms with E-state index in [-0.39, 0.29) is 12.2 Å². The largest absolute Gasteiger partial charge is 0.368 e. The van der Waals surface area contributed by atoms with E-state index in [0.29, 0.717) is 13.0 Å². The normalized spacial score (nSPS) is 26.8. The van der Waals surface area contributed by atoms with Crippen LogP contribution >= 0.6 is 11.3 Å². The van der Waals surface area contributed by atoms with Crippen LogP contribution in [-0.4, -0.2) is 32.4 Å². The minimum Gasteiger partial charge on any atom is -0.368 e. The summed E-state index contributed by atoms with van der Waals surface area (Å²) in [5.74, 6) is 0. The van der Waals surface area contributed by atoms with E-state index in [0.717, 1.165) is 17.7 Å². The van der Waals surface area contributed by atoms with E-state index in [2.05, 4.69) is 4.98 Å². The Morgan fingerprint density at radius 1 is 1.56 bits per heavy atom. The van der Waals surface area contributed by atoms with Crippen molar-refractivity contribution in [2.45, 2.75) is 25.0 Å². The maximum atomic E-state index is 10.9. The van der Waals surface area contributed by atoms with Crippen molar-refractivity contribution in [2.24, 2.45) is 0 Å². The van der Waals surface area contributed by atoms with Crippen molar-refractivity contribution >= 4 is 21.5 Å². The van der Waals surface area contributed by atoms with Gasteiger partial charge in [0.2, 0.25) is 0 Å². The van der Waals surface area contributed by atoms with Crippen molar-refractivity contribution in [1.29, 1.82) is 0 Å². The first-order valence-corrected chi connectivity index (χ1v) is 7.63. The molecule has 1 aromatic rings. The third-order valence-corrected chi connectivity index (χ3v) is 3.76. The highest BCUT2D eigenvalue weighted by atomic mass is 32.2. The molecule has 0 radical (unpaired) electrons. The summed E-state index contributed by atoms with van der Waals surface area (Å²) in [6.07, 6.45) is 3.85. The summed E-state index contributed by atoms with van der Waals surface area (Å²) in [6, 6.07) is 0. The van der Waals surface area contributed by atoms with Gasteiger partial charge < -0.3 is 4.74 Å². The van der Waals surface area contributed by atoms with Gasteiger partial charge in [-0.25, -0.2) is 4.98 Å². The molecule has 0 spiro atoms. The second kappa shape index (κ2) is 4.79. The highest BCUT2D eigenvalue weighted by Crippen LogP contribution is 2.30. The number of thiazole rings is 1. The molecule has 2 heterocycles. The smallest absolute Gasteiger partial charge is 0.264 e. The van der Waals surface area contributed by atoms with Gasteiger partial charge >= 0.3 is 0 Å². The summed E-state index contributed by atoms with van der Waals surface area (Å²) in [4.78, 5) is 4.17. The molecular formula is C9H13NO4S2. The summed E-state index contributed by atoms with van der Waals surface area (Å²) in [6.45, 7) is 0.303. The minimum atomic E-state index is -3.39. The van der Waals surface area contributed by atoms with Gasteiger partial charge in [0.25, 0.3) is 10.1 Å². The molecule has 0 amide bonds. The van der Waals surface area contributed by atoms with Crippen molar-refractivity contribution in [3.63, 3.8) is 0 Å². The first kappa shape index (κ1) is 12.0. The quantitative estimate of drug-likeness (QED) is 0.770. The average Bonchev–Trinajstić information content (AvgIpc) is 2.69. The molecule has 0 saturated carbocycles. The van der Waals surface area contributed by atoms with Crippen LogP contribution in [0.1, 0.15) is 24.0 Å². The highest BCUT2D eigenvalue weighted by molar-refractivity contribution is 7.86. The Balaban J connectivity index is 1.88. The summed E-state index contributed by atoms with van der Waals surface area (Å²) in [5.41, 5.74) is 0. The molecule has 1 saturated heterocycles. The lowest BCUT2D eigenvalue weighted by atomic mass is 10.1. The predicted molar refractivity (Wildman–Crippen MR) is 59.8 cm³/mol. The molecule has 5 nitrogen and oxygen atoms in total. The minimum absolute atomic E-state index is 0.0144. The number of nitrogens with zero attached hydrogens (tertiary/aromatic N) is 1. The molecular weight excluding hydrogens is 250 g/mol. The zero-order chi connectivity index (χ0) is 11.6. The Kier molecular flexibility index (Phi) is 3.58. The van der Waals surface area contributed by atoms with Gasteiger partial charge in [-0.05, 0) is 12.8 Å². The molecule has 1 fully saturated rings. The number of hydrogen-bond donors (Lipinski definition) is 0. The van der Waals surface area contributed by atoms with Crippen LogP contribution in [-0.2, 0) is 19.0 Å². The lowest BCUT2D eigenvalue weighted by molar-refractivity contribution is -0.0452. The second-order valence-corrected chi connectivity index (χ2v) is 6.22. The van der Waals surface area contributed by atoms with E-state index in [9.17, 15) is 8.42 Å². The van der Waals surface area contributed by atoms with E-state index < -0.39 is 10.1 Å². The van der Waals surface area contributed by atoms with Gasteiger partial charge in [0.05, 0.1) is 12.9 Å². The lowest BCUT2D eigenvalue weighted by Gasteiger charge is -2.26. The molecule has 1 aliphatic rings. The van der Waals surface area contributed by atoms with Gasteiger partial charge in [-0.15, -0.1) is 11.3 Å². The van der Waals surface area contributed by atoms with Crippen LogP contribution < -0.4 is 0 Å². The number of aromatic nitrogens is 1. The van der Waals surface area contributed by atoms with Crippen LogP contribution in [0.15, 0.2) is 11.6 Å². The second-order valence-electron chi connectivity index (χ2n) is 3.69. The Morgan fingerprint density at radius 2 is 2.38 bits per heavy atom. The summed E-state index contributed by atoms with van der Waals surface area (Å²) in [5, 5.41) is 2.84. The molecule has 0 bridgehead atoms. The van der Waals surface area contributed by atoms with Gasteiger partial charge in [0, 0.05) is 11.6 Å². The molecule has 7 heteroatoms. The molecule has 1 aliphatic heterocycles. The molecule has 2 atom stereocenters. The monoisotopic (exact) mass is 263 g/mol. The molecule has 16 heavy (non-hydrogen) atoms. The van der Waals surface area contributed by atoms with Gasteiger partial charge in [0.1, 0.15) is 17.2 Å². The molecule has 0 aromatic carbocycles. The first-order valence-electron chi connectivity index (χ1n) is 4.94. The fourth-order valence-corrected chi connectivity index (χ4v) is 3.01. The third-order valence-electron chi connectivity index (χ3n) is 2.27. The number of ether oxygens (including phenoxy) is 1. The van der Waals surface area contributed by atoms with E-state index in [1.54, 1.807) is 17.5 Å². The third kappa shape index (κ3) is 3.24. The average molecular weight is 263 g/mol. The summed E-state index contributed by atoms with van der Waals surface area (Å²) >= 11 is 1.55. The van der Waals surface area contributed by atoms with Crippen LogP contribution in [0, 0.1) is 0 Å². The molecule has 2 unspecified atom stereocenters. The van der Waals surface area contributed by atoms with Crippen LogP contribution in [0.25, 0.3) is 0 Å². The SMILES string of the molecule is CS(=O)(=O)OC1CCC(c2nccs2)OC1. The Hall–Kier alpha value is -0.500. The zero-order valence-electron chi connectivity index (χ0n) is 8.83. The molecule has 0 N–H and O–H groups in total. The Bertz CT molecular complexity index is 420. The summed E-state index contributed by atoms with van der Waals surface area (Å²) in [7, 11) is -3.39. The van der Waals surface area contributed by atoms with Gasteiger partial charge in [-0.2, -0.15) is 8.42 Å². The number of rotatable bonds is 3. The van der Waals surface area contributed by atoms with Crippen molar-refractivity contribution in [3.05, 3.63) is 16.6 Å². The van der Waals surface area contributed by atoms with Gasteiger partial charge in [-0.3, -0.25) is 4.18 Å². The van der Waals surface area contributed by atoms with Crippen LogP contribution in [0.2, 0.25) is 0 Å². The fourth-order valence-electron chi connectivity index (χ4n) is 1.64. The van der Waals surface area contributed by atoms with Crippen molar-refractivity contribution in [3.8, 4) is 0 Å². The Labute approximate surface area is 98.5 Å². The Morgan fingerprint density at radius 3 is 2.88 bits per heavy atom. The van der Waals surface area contributed by atoms with Gasteiger partial charge in [0.15, 0.2) is 0 Å². The fraction of sp³-hybridized carbons (Fsp3) is 0.667. The van der Waals surface area contributed by atoms with Crippen LogP contribution in [0.3, 0.4) is 0 Å². The maximum absolute atomic E-state index is 10.9. The highest BCUT2D eigenvalue weighted by Gasteiger charge is 2.27. The predicted octanol–water partition coefficient (Wildman–Crippen LogP) is 1.34. The van der Waals surface area contributed by atoms with E-state index >= 15 is 0 Å². The van der Waals surface area contributed by atoms with Crippen LogP contribution in [0.5, 0.6) is 0 Å². The van der Waals surface area contributed by atoms with Gasteiger partial charge in [-0.1, -0.05) is 0 Å². The zero-order valence-corrected chi connectivity index (χ0v) is 10.5. The van der Waals surface area contributed by atoms with Crippen molar-refractivity contribution < 1.29 is 17.3 Å². The maximum Gasteiger partial charge on any atom is 0.264 e.